The monoisotopic (exact) mass is 586 g/mol. The van der Waals surface area contributed by atoms with Crippen LogP contribution >= 0.6 is 0 Å². The second-order valence-electron chi connectivity index (χ2n) is 10.2. The summed E-state index contributed by atoms with van der Waals surface area (Å²) in [6.45, 7) is 7.65. The Bertz CT molecular complexity index is 1590. The van der Waals surface area contributed by atoms with E-state index in [1.165, 1.54) is 6.07 Å². The SMILES string of the molecule is CCCCOc1cc(C(N)=O)cc(N)c1NC/C=C/CN1C(=NC(=O)c2cc(C)nn2CC)Cc2cc(C(N)=O)ccc21. The number of fused-ring (bicyclic) bond motifs is 1. The number of primary amides is 2. The molecule has 2 aromatic carbocycles. The summed E-state index contributed by atoms with van der Waals surface area (Å²) in [4.78, 5) is 43.1. The van der Waals surface area contributed by atoms with Crippen LogP contribution in [0.5, 0.6) is 5.75 Å². The first-order valence-corrected chi connectivity index (χ1v) is 14.2. The van der Waals surface area contributed by atoms with Crippen molar-refractivity contribution < 1.29 is 19.1 Å². The molecule has 3 aromatic rings. The van der Waals surface area contributed by atoms with Crippen molar-refractivity contribution >= 4 is 40.6 Å². The standard InChI is InChI=1S/C31H38N8O4/c1-4-6-13-43-26-17-22(30(34)41)16-23(32)28(26)35-11-7-8-12-38-24-10-9-20(29(33)40)15-21(24)18-27(38)36-31(42)25-14-19(3)37-39(25)5-2/h7-10,14-17,35H,4-6,11-13,18,32H2,1-3H3,(H2,33,40)(H2,34,41)/b8-7+,36-27?. The molecule has 4 rings (SSSR count). The molecule has 0 atom stereocenters. The van der Waals surface area contributed by atoms with E-state index >= 15 is 0 Å². The van der Waals surface area contributed by atoms with Gasteiger partial charge in [-0.15, -0.1) is 0 Å². The maximum atomic E-state index is 13.2. The van der Waals surface area contributed by atoms with Crippen LogP contribution in [0, 0.1) is 6.92 Å². The number of nitrogens with two attached hydrogens (primary N) is 3. The van der Waals surface area contributed by atoms with Crippen LogP contribution in [-0.2, 0) is 13.0 Å². The minimum absolute atomic E-state index is 0.274. The average molecular weight is 587 g/mol. The van der Waals surface area contributed by atoms with E-state index in [2.05, 4.69) is 22.3 Å². The number of nitrogens with zero attached hydrogens (tertiary/aromatic N) is 4. The molecule has 1 aliphatic heterocycles. The fourth-order valence-corrected chi connectivity index (χ4v) is 4.82. The van der Waals surface area contributed by atoms with E-state index in [4.69, 9.17) is 21.9 Å². The van der Waals surface area contributed by atoms with E-state index in [0.717, 1.165) is 29.8 Å². The molecule has 3 amide bonds. The predicted molar refractivity (Wildman–Crippen MR) is 168 cm³/mol. The number of aliphatic imine (C=N–C) groups is 1. The van der Waals surface area contributed by atoms with E-state index in [1.807, 2.05) is 37.0 Å². The molecule has 0 saturated carbocycles. The van der Waals surface area contributed by atoms with Crippen LogP contribution in [0.15, 0.2) is 53.5 Å². The quantitative estimate of drug-likeness (QED) is 0.133. The lowest BCUT2D eigenvalue weighted by molar-refractivity contribution is 0.0986. The van der Waals surface area contributed by atoms with Crippen LogP contribution in [0.2, 0.25) is 0 Å². The number of nitrogens with one attached hydrogen (secondary N) is 1. The lowest BCUT2D eigenvalue weighted by atomic mass is 10.1. The summed E-state index contributed by atoms with van der Waals surface area (Å²) in [6, 6.07) is 10.1. The van der Waals surface area contributed by atoms with Crippen LogP contribution in [0.25, 0.3) is 0 Å². The van der Waals surface area contributed by atoms with Crippen molar-refractivity contribution in [1.29, 1.82) is 0 Å². The summed E-state index contributed by atoms with van der Waals surface area (Å²) in [7, 11) is 0. The zero-order valence-electron chi connectivity index (χ0n) is 24.7. The number of amidine groups is 1. The van der Waals surface area contributed by atoms with Crippen molar-refractivity contribution in [2.24, 2.45) is 16.5 Å². The van der Waals surface area contributed by atoms with E-state index in [1.54, 1.807) is 28.9 Å². The number of unbranched alkanes of at least 4 members (excludes halogenated alkanes) is 1. The highest BCUT2D eigenvalue weighted by atomic mass is 16.5. The van der Waals surface area contributed by atoms with Crippen LogP contribution in [-0.4, -0.2) is 53.0 Å². The molecular formula is C31H38N8O4. The summed E-state index contributed by atoms with van der Waals surface area (Å²) in [6.07, 6.45) is 6.04. The molecule has 0 bridgehead atoms. The maximum Gasteiger partial charge on any atom is 0.296 e. The Labute approximate surface area is 250 Å². The molecule has 43 heavy (non-hydrogen) atoms. The van der Waals surface area contributed by atoms with Crippen molar-refractivity contribution in [3.05, 3.63) is 76.6 Å². The van der Waals surface area contributed by atoms with Gasteiger partial charge in [0, 0.05) is 42.9 Å². The summed E-state index contributed by atoms with van der Waals surface area (Å²) in [5, 5.41) is 7.62. The van der Waals surface area contributed by atoms with Crippen molar-refractivity contribution in [3.63, 3.8) is 0 Å². The molecule has 12 heteroatoms. The van der Waals surface area contributed by atoms with Gasteiger partial charge in [0.05, 0.1) is 18.0 Å². The highest BCUT2D eigenvalue weighted by Crippen LogP contribution is 2.33. The highest BCUT2D eigenvalue weighted by Gasteiger charge is 2.27. The van der Waals surface area contributed by atoms with Crippen LogP contribution in [0.1, 0.15) is 69.2 Å². The predicted octanol–water partition coefficient (Wildman–Crippen LogP) is 3.44. The number of hydrogen-bond donors (Lipinski definition) is 4. The third-order valence-corrected chi connectivity index (χ3v) is 6.99. The fraction of sp³-hybridized carbons (Fsp3) is 0.323. The molecule has 0 aliphatic carbocycles. The summed E-state index contributed by atoms with van der Waals surface area (Å²) < 4.78 is 7.52. The van der Waals surface area contributed by atoms with Gasteiger partial charge in [-0.05, 0) is 62.2 Å². The van der Waals surface area contributed by atoms with Crippen LogP contribution < -0.4 is 32.2 Å². The van der Waals surface area contributed by atoms with Gasteiger partial charge < -0.3 is 32.2 Å². The first-order valence-electron chi connectivity index (χ1n) is 14.2. The first kappa shape index (κ1) is 30.8. The number of carbonyl (C=O) groups excluding carboxylic acids is 3. The molecule has 0 fully saturated rings. The van der Waals surface area contributed by atoms with Gasteiger partial charge >= 0.3 is 0 Å². The number of nitrogen functional groups attached to an aromatic ring is 1. The minimum Gasteiger partial charge on any atom is -0.491 e. The van der Waals surface area contributed by atoms with Gasteiger partial charge in [-0.1, -0.05) is 25.5 Å². The van der Waals surface area contributed by atoms with Gasteiger partial charge in [0.25, 0.3) is 5.91 Å². The van der Waals surface area contributed by atoms with Crippen molar-refractivity contribution in [1.82, 2.24) is 9.78 Å². The molecule has 226 valence electrons. The smallest absolute Gasteiger partial charge is 0.296 e. The van der Waals surface area contributed by atoms with Gasteiger partial charge in [-0.3, -0.25) is 19.1 Å². The summed E-state index contributed by atoms with van der Waals surface area (Å²) >= 11 is 0. The number of anilines is 3. The number of amides is 3. The Balaban J connectivity index is 1.54. The van der Waals surface area contributed by atoms with Crippen LogP contribution in [0.4, 0.5) is 17.1 Å². The number of hydrogen-bond acceptors (Lipinski definition) is 7. The number of rotatable bonds is 13. The number of ether oxygens (including phenoxy) is 1. The van der Waals surface area contributed by atoms with Gasteiger partial charge in [0.2, 0.25) is 11.8 Å². The maximum absolute atomic E-state index is 13.2. The Morgan fingerprint density at radius 3 is 2.53 bits per heavy atom. The fourth-order valence-electron chi connectivity index (χ4n) is 4.82. The third-order valence-electron chi connectivity index (χ3n) is 6.99. The Kier molecular flexibility index (Phi) is 9.81. The molecule has 0 spiro atoms. The van der Waals surface area contributed by atoms with Crippen molar-refractivity contribution in [2.75, 3.05) is 35.6 Å². The normalized spacial score (nSPS) is 13.5. The zero-order chi connectivity index (χ0) is 31.1. The van der Waals surface area contributed by atoms with E-state index in [0.29, 0.717) is 66.9 Å². The number of aryl methyl sites for hydroxylation is 2. The van der Waals surface area contributed by atoms with Crippen LogP contribution in [0.3, 0.4) is 0 Å². The number of aromatic nitrogens is 2. The van der Waals surface area contributed by atoms with Crippen molar-refractivity contribution in [3.8, 4) is 5.75 Å². The van der Waals surface area contributed by atoms with E-state index in [-0.39, 0.29) is 11.5 Å². The highest BCUT2D eigenvalue weighted by molar-refractivity contribution is 6.12. The summed E-state index contributed by atoms with van der Waals surface area (Å²) in [5.41, 5.74) is 21.6. The molecule has 0 unspecified atom stereocenters. The average Bonchev–Trinajstić information content (AvgIpc) is 3.52. The topological polar surface area (TPSA) is 184 Å². The summed E-state index contributed by atoms with van der Waals surface area (Å²) in [5.74, 6) is -0.480. The lowest BCUT2D eigenvalue weighted by Gasteiger charge is -2.19. The molecule has 1 aromatic heterocycles. The first-order chi connectivity index (χ1) is 20.6. The molecule has 0 radical (unpaired) electrons. The Hall–Kier alpha value is -5.13. The largest absolute Gasteiger partial charge is 0.491 e. The molecule has 12 nitrogen and oxygen atoms in total. The van der Waals surface area contributed by atoms with Gasteiger partial charge in [0.1, 0.15) is 23.0 Å². The molecule has 2 heterocycles. The second kappa shape index (κ2) is 13.7. The van der Waals surface area contributed by atoms with E-state index in [9.17, 15) is 14.4 Å². The van der Waals surface area contributed by atoms with Gasteiger partial charge in [0.15, 0.2) is 0 Å². The Morgan fingerprint density at radius 2 is 1.84 bits per heavy atom. The zero-order valence-corrected chi connectivity index (χ0v) is 24.7. The third kappa shape index (κ3) is 7.21. The molecule has 0 saturated heterocycles. The van der Waals surface area contributed by atoms with Gasteiger partial charge in [-0.2, -0.15) is 10.1 Å². The molecular weight excluding hydrogens is 548 g/mol. The van der Waals surface area contributed by atoms with E-state index < -0.39 is 11.8 Å². The number of benzene rings is 2. The number of carbonyl (C=O) groups is 3. The second-order valence-corrected chi connectivity index (χ2v) is 10.2. The Morgan fingerprint density at radius 1 is 1.07 bits per heavy atom. The minimum atomic E-state index is -0.586. The molecule has 1 aliphatic rings. The molecule has 7 N–H and O–H groups in total. The van der Waals surface area contributed by atoms with Gasteiger partial charge in [-0.25, -0.2) is 0 Å². The lowest BCUT2D eigenvalue weighted by Crippen LogP contribution is -2.28. The van der Waals surface area contributed by atoms with Crippen molar-refractivity contribution in [2.45, 2.75) is 46.6 Å².